The number of hydrogen-bond donors (Lipinski definition) is 1. The van der Waals surface area contributed by atoms with Gasteiger partial charge in [0.2, 0.25) is 0 Å². The van der Waals surface area contributed by atoms with Gasteiger partial charge in [-0.1, -0.05) is 35.9 Å². The standard InChI is InChI=1S/C14H16ClNOS/c1-10(16)14(12-6-2-3-7-13(12)15)17-9-11-5-4-8-18-11/h2-8,10,14H,9,16H2,1H3. The molecule has 18 heavy (non-hydrogen) atoms. The third kappa shape index (κ3) is 3.33. The van der Waals surface area contributed by atoms with Crippen LogP contribution in [0.2, 0.25) is 5.02 Å². The maximum Gasteiger partial charge on any atom is 0.0992 e. The van der Waals surface area contributed by atoms with Gasteiger partial charge in [0.05, 0.1) is 12.7 Å². The number of nitrogens with two attached hydrogens (primary N) is 1. The van der Waals surface area contributed by atoms with Gasteiger partial charge in [0.25, 0.3) is 0 Å². The first-order valence-corrected chi connectivity index (χ1v) is 7.08. The molecule has 2 atom stereocenters. The molecule has 0 radical (unpaired) electrons. The Bertz CT molecular complexity index is 484. The third-order valence-corrected chi connectivity index (χ3v) is 3.87. The van der Waals surface area contributed by atoms with Gasteiger partial charge in [0, 0.05) is 21.5 Å². The van der Waals surface area contributed by atoms with E-state index in [1.54, 1.807) is 11.3 Å². The van der Waals surface area contributed by atoms with Crippen molar-refractivity contribution in [2.75, 3.05) is 0 Å². The second-order valence-corrected chi connectivity index (χ2v) is 5.63. The van der Waals surface area contributed by atoms with Crippen LogP contribution in [0.5, 0.6) is 0 Å². The van der Waals surface area contributed by atoms with Gasteiger partial charge in [-0.25, -0.2) is 0 Å². The molecule has 2 rings (SSSR count). The fraction of sp³-hybridized carbons (Fsp3) is 0.286. The lowest BCUT2D eigenvalue weighted by Crippen LogP contribution is -2.27. The SMILES string of the molecule is CC(N)C(OCc1cccs1)c1ccccc1Cl. The predicted molar refractivity (Wildman–Crippen MR) is 77.0 cm³/mol. The van der Waals surface area contributed by atoms with Crippen molar-refractivity contribution in [3.63, 3.8) is 0 Å². The fourth-order valence-electron chi connectivity index (χ4n) is 1.80. The second kappa shape index (κ2) is 6.34. The Morgan fingerprint density at radius 3 is 2.67 bits per heavy atom. The minimum Gasteiger partial charge on any atom is -0.366 e. The molecule has 0 aliphatic heterocycles. The van der Waals surface area contributed by atoms with E-state index < -0.39 is 0 Å². The van der Waals surface area contributed by atoms with Gasteiger partial charge in [-0.05, 0) is 24.4 Å². The van der Waals surface area contributed by atoms with Crippen molar-refractivity contribution in [1.29, 1.82) is 0 Å². The Morgan fingerprint density at radius 1 is 1.28 bits per heavy atom. The molecule has 0 amide bonds. The highest BCUT2D eigenvalue weighted by Gasteiger charge is 2.19. The molecule has 2 N–H and O–H groups in total. The van der Waals surface area contributed by atoms with E-state index in [9.17, 15) is 0 Å². The van der Waals surface area contributed by atoms with E-state index >= 15 is 0 Å². The van der Waals surface area contributed by atoms with E-state index in [1.165, 1.54) is 4.88 Å². The molecule has 2 aromatic rings. The van der Waals surface area contributed by atoms with E-state index in [4.69, 9.17) is 22.1 Å². The van der Waals surface area contributed by atoms with Gasteiger partial charge < -0.3 is 10.5 Å². The molecule has 0 bridgehead atoms. The lowest BCUT2D eigenvalue weighted by Gasteiger charge is -2.22. The summed E-state index contributed by atoms with van der Waals surface area (Å²) in [6.07, 6.45) is -0.180. The third-order valence-electron chi connectivity index (χ3n) is 2.67. The number of thiophene rings is 1. The molecule has 0 fully saturated rings. The van der Waals surface area contributed by atoms with Crippen molar-refractivity contribution < 1.29 is 4.74 Å². The molecule has 2 nitrogen and oxygen atoms in total. The highest BCUT2D eigenvalue weighted by atomic mass is 35.5. The first-order valence-electron chi connectivity index (χ1n) is 5.82. The summed E-state index contributed by atoms with van der Waals surface area (Å²) in [6.45, 7) is 2.50. The summed E-state index contributed by atoms with van der Waals surface area (Å²) >= 11 is 7.87. The van der Waals surface area contributed by atoms with Crippen LogP contribution in [0.4, 0.5) is 0 Å². The molecule has 0 aliphatic rings. The van der Waals surface area contributed by atoms with Crippen LogP contribution in [0.1, 0.15) is 23.5 Å². The van der Waals surface area contributed by atoms with E-state index in [2.05, 4.69) is 6.07 Å². The number of halogens is 1. The van der Waals surface area contributed by atoms with E-state index in [1.807, 2.05) is 42.6 Å². The van der Waals surface area contributed by atoms with Crippen molar-refractivity contribution in [1.82, 2.24) is 0 Å². The van der Waals surface area contributed by atoms with Gasteiger partial charge in [-0.15, -0.1) is 11.3 Å². The molecule has 4 heteroatoms. The molecule has 0 aliphatic carbocycles. The van der Waals surface area contributed by atoms with Gasteiger partial charge in [-0.2, -0.15) is 0 Å². The van der Waals surface area contributed by atoms with Crippen molar-refractivity contribution >= 4 is 22.9 Å². The lowest BCUT2D eigenvalue weighted by atomic mass is 10.0. The average molecular weight is 282 g/mol. The van der Waals surface area contributed by atoms with Crippen LogP contribution >= 0.6 is 22.9 Å². The van der Waals surface area contributed by atoms with Gasteiger partial charge in [0.15, 0.2) is 0 Å². The molecule has 1 heterocycles. The summed E-state index contributed by atoms with van der Waals surface area (Å²) < 4.78 is 5.92. The lowest BCUT2D eigenvalue weighted by molar-refractivity contribution is 0.0274. The van der Waals surface area contributed by atoms with Crippen LogP contribution in [-0.2, 0) is 11.3 Å². The molecule has 0 spiro atoms. The topological polar surface area (TPSA) is 35.2 Å². The Morgan fingerprint density at radius 2 is 2.06 bits per heavy atom. The van der Waals surface area contributed by atoms with Gasteiger partial charge in [-0.3, -0.25) is 0 Å². The zero-order chi connectivity index (χ0) is 13.0. The highest BCUT2D eigenvalue weighted by molar-refractivity contribution is 7.09. The predicted octanol–water partition coefficient (Wildman–Crippen LogP) is 4.01. The van der Waals surface area contributed by atoms with E-state index in [-0.39, 0.29) is 12.1 Å². The zero-order valence-electron chi connectivity index (χ0n) is 10.2. The number of hydrogen-bond acceptors (Lipinski definition) is 3. The first-order chi connectivity index (χ1) is 8.68. The number of ether oxygens (including phenoxy) is 1. The first kappa shape index (κ1) is 13.6. The Kier molecular flexibility index (Phi) is 4.78. The number of benzene rings is 1. The summed E-state index contributed by atoms with van der Waals surface area (Å²) in [4.78, 5) is 1.19. The van der Waals surface area contributed by atoms with Crippen LogP contribution in [-0.4, -0.2) is 6.04 Å². The summed E-state index contributed by atoms with van der Waals surface area (Å²) in [7, 11) is 0. The molecule has 0 saturated carbocycles. The molecular weight excluding hydrogens is 266 g/mol. The van der Waals surface area contributed by atoms with Crippen molar-refractivity contribution in [2.45, 2.75) is 25.7 Å². The van der Waals surface area contributed by atoms with Gasteiger partial charge >= 0.3 is 0 Å². The smallest absolute Gasteiger partial charge is 0.0992 e. The molecular formula is C14H16ClNOS. The molecule has 1 aromatic heterocycles. The highest BCUT2D eigenvalue weighted by Crippen LogP contribution is 2.28. The minimum atomic E-state index is -0.180. The van der Waals surface area contributed by atoms with Crippen LogP contribution in [0, 0.1) is 0 Å². The number of rotatable bonds is 5. The largest absolute Gasteiger partial charge is 0.366 e. The summed E-state index contributed by atoms with van der Waals surface area (Å²) in [6, 6.07) is 11.6. The zero-order valence-corrected chi connectivity index (χ0v) is 11.7. The maximum absolute atomic E-state index is 6.19. The fourth-order valence-corrected chi connectivity index (χ4v) is 2.67. The average Bonchev–Trinajstić information content (AvgIpc) is 2.84. The summed E-state index contributed by atoms with van der Waals surface area (Å²) in [5, 5.41) is 2.74. The Hall–Kier alpha value is -0.870. The van der Waals surface area contributed by atoms with Crippen LogP contribution < -0.4 is 5.73 Å². The van der Waals surface area contributed by atoms with Crippen LogP contribution in [0.15, 0.2) is 41.8 Å². The van der Waals surface area contributed by atoms with Crippen LogP contribution in [0.25, 0.3) is 0 Å². The van der Waals surface area contributed by atoms with Crippen LogP contribution in [0.3, 0.4) is 0 Å². The van der Waals surface area contributed by atoms with Crippen molar-refractivity contribution in [3.05, 3.63) is 57.2 Å². The molecule has 96 valence electrons. The van der Waals surface area contributed by atoms with E-state index in [0.717, 1.165) is 5.56 Å². The van der Waals surface area contributed by atoms with E-state index in [0.29, 0.717) is 11.6 Å². The Balaban J connectivity index is 2.11. The second-order valence-electron chi connectivity index (χ2n) is 4.19. The molecule has 2 unspecified atom stereocenters. The van der Waals surface area contributed by atoms with Gasteiger partial charge in [0.1, 0.15) is 0 Å². The Labute approximate surface area is 116 Å². The monoisotopic (exact) mass is 281 g/mol. The van der Waals surface area contributed by atoms with Crippen molar-refractivity contribution in [2.24, 2.45) is 5.73 Å². The quantitative estimate of drug-likeness (QED) is 0.899. The normalized spacial score (nSPS) is 14.4. The molecule has 0 saturated heterocycles. The summed E-state index contributed by atoms with van der Waals surface area (Å²) in [5.74, 6) is 0. The van der Waals surface area contributed by atoms with Crippen molar-refractivity contribution in [3.8, 4) is 0 Å². The summed E-state index contributed by atoms with van der Waals surface area (Å²) in [5.41, 5.74) is 6.95. The minimum absolute atomic E-state index is 0.107. The molecule has 1 aromatic carbocycles. The maximum atomic E-state index is 6.19.